The van der Waals surface area contributed by atoms with Gasteiger partial charge >= 0.3 is 24.2 Å². The zero-order chi connectivity index (χ0) is 17.1. The van der Waals surface area contributed by atoms with Gasteiger partial charge < -0.3 is 18.9 Å². The Balaban J connectivity index is 3.75. The molecule has 126 valence electrons. The first-order chi connectivity index (χ1) is 10.2. The first-order valence-electron chi connectivity index (χ1n) is 7.03. The highest BCUT2D eigenvalue weighted by Gasteiger charge is 2.15. The Morgan fingerprint density at radius 1 is 0.682 bits per heavy atom. The van der Waals surface area contributed by atoms with Gasteiger partial charge in [-0.25, -0.2) is 9.59 Å². The smallest absolute Gasteiger partial charge is 0.431 e. The lowest BCUT2D eigenvalue weighted by Crippen LogP contribution is -2.18. The molecule has 0 aliphatic rings. The highest BCUT2D eigenvalue weighted by Crippen LogP contribution is 2.05. The van der Waals surface area contributed by atoms with Gasteiger partial charge in [0.25, 0.3) is 0 Å². The van der Waals surface area contributed by atoms with Gasteiger partial charge in [0, 0.05) is 12.8 Å². The SMILES string of the molecule is CC(C)OC(=O)OC(=O)CCCCC(=O)OC(=O)OC(C)C. The molecule has 0 atom stereocenters. The molecule has 0 rings (SSSR count). The van der Waals surface area contributed by atoms with E-state index in [0.29, 0.717) is 12.8 Å². The molecule has 8 nitrogen and oxygen atoms in total. The monoisotopic (exact) mass is 318 g/mol. The van der Waals surface area contributed by atoms with Crippen LogP contribution < -0.4 is 0 Å². The third kappa shape index (κ3) is 11.7. The van der Waals surface area contributed by atoms with Crippen LogP contribution in [-0.4, -0.2) is 36.5 Å². The largest absolute Gasteiger partial charge is 0.516 e. The summed E-state index contributed by atoms with van der Waals surface area (Å²) in [5.74, 6) is -1.48. The lowest BCUT2D eigenvalue weighted by Gasteiger charge is -2.07. The summed E-state index contributed by atoms with van der Waals surface area (Å²) in [6, 6.07) is 0. The fourth-order valence-electron chi connectivity index (χ4n) is 1.26. The number of ether oxygens (including phenoxy) is 4. The molecule has 0 aromatic heterocycles. The van der Waals surface area contributed by atoms with E-state index >= 15 is 0 Å². The van der Waals surface area contributed by atoms with Crippen LogP contribution in [0.1, 0.15) is 53.4 Å². The van der Waals surface area contributed by atoms with Gasteiger partial charge in [-0.2, -0.15) is 0 Å². The Morgan fingerprint density at radius 3 is 1.27 bits per heavy atom. The van der Waals surface area contributed by atoms with E-state index in [1.165, 1.54) is 0 Å². The van der Waals surface area contributed by atoms with Crippen molar-refractivity contribution >= 4 is 24.2 Å². The normalized spacial score (nSPS) is 10.3. The minimum absolute atomic E-state index is 0.0447. The lowest BCUT2D eigenvalue weighted by molar-refractivity contribution is -0.142. The van der Waals surface area contributed by atoms with Crippen LogP contribution in [0.3, 0.4) is 0 Å². The summed E-state index contributed by atoms with van der Waals surface area (Å²) in [6.07, 6.45) is -2.31. The molecule has 0 radical (unpaired) electrons. The van der Waals surface area contributed by atoms with E-state index in [1.54, 1.807) is 27.7 Å². The molecule has 0 spiro atoms. The van der Waals surface area contributed by atoms with E-state index in [2.05, 4.69) is 18.9 Å². The Morgan fingerprint density at radius 2 is 1.00 bits per heavy atom. The highest BCUT2D eigenvalue weighted by molar-refractivity contribution is 5.82. The molecule has 0 heterocycles. The molecule has 0 fully saturated rings. The van der Waals surface area contributed by atoms with Gasteiger partial charge in [-0.05, 0) is 40.5 Å². The quantitative estimate of drug-likeness (QED) is 0.401. The summed E-state index contributed by atoms with van der Waals surface area (Å²) in [5.41, 5.74) is 0. The maximum atomic E-state index is 11.3. The fourth-order valence-corrected chi connectivity index (χ4v) is 1.26. The van der Waals surface area contributed by atoms with Gasteiger partial charge in [-0.15, -0.1) is 0 Å². The zero-order valence-electron chi connectivity index (χ0n) is 13.2. The maximum absolute atomic E-state index is 11.3. The van der Waals surface area contributed by atoms with Crippen LogP contribution in [0, 0.1) is 0 Å². The molecule has 0 aliphatic carbocycles. The zero-order valence-corrected chi connectivity index (χ0v) is 13.2. The molecule has 0 aromatic carbocycles. The van der Waals surface area contributed by atoms with Crippen molar-refractivity contribution in [1.29, 1.82) is 0 Å². The molecule has 22 heavy (non-hydrogen) atoms. The molecular weight excluding hydrogens is 296 g/mol. The van der Waals surface area contributed by atoms with Crippen molar-refractivity contribution in [2.75, 3.05) is 0 Å². The van der Waals surface area contributed by atoms with Crippen LogP contribution in [0.15, 0.2) is 0 Å². The Kier molecular flexibility index (Phi) is 9.56. The van der Waals surface area contributed by atoms with Crippen molar-refractivity contribution in [3.05, 3.63) is 0 Å². The lowest BCUT2D eigenvalue weighted by atomic mass is 10.2. The van der Waals surface area contributed by atoms with Crippen LogP contribution in [0.5, 0.6) is 0 Å². The Bertz CT molecular complexity index is 362. The van der Waals surface area contributed by atoms with Crippen molar-refractivity contribution < 1.29 is 38.1 Å². The number of hydrogen-bond donors (Lipinski definition) is 0. The van der Waals surface area contributed by atoms with E-state index in [-0.39, 0.29) is 25.0 Å². The summed E-state index contributed by atoms with van der Waals surface area (Å²) in [6.45, 7) is 6.51. The number of carbonyl (C=O) groups is 4. The topological polar surface area (TPSA) is 105 Å². The van der Waals surface area contributed by atoms with Gasteiger partial charge in [0.05, 0.1) is 12.2 Å². The van der Waals surface area contributed by atoms with E-state index in [9.17, 15) is 19.2 Å². The minimum atomic E-state index is -1.05. The third-order valence-electron chi connectivity index (χ3n) is 2.07. The van der Waals surface area contributed by atoms with Crippen molar-refractivity contribution in [1.82, 2.24) is 0 Å². The maximum Gasteiger partial charge on any atom is 0.516 e. The molecule has 0 saturated carbocycles. The van der Waals surface area contributed by atoms with Crippen molar-refractivity contribution in [3.63, 3.8) is 0 Å². The van der Waals surface area contributed by atoms with E-state index in [1.807, 2.05) is 0 Å². The van der Waals surface area contributed by atoms with Gasteiger partial charge in [0.2, 0.25) is 0 Å². The van der Waals surface area contributed by atoms with Gasteiger partial charge in [-0.1, -0.05) is 0 Å². The third-order valence-corrected chi connectivity index (χ3v) is 2.07. The molecule has 8 heteroatoms. The number of rotatable bonds is 7. The van der Waals surface area contributed by atoms with E-state index in [4.69, 9.17) is 0 Å². The summed E-state index contributed by atoms with van der Waals surface area (Å²) in [7, 11) is 0. The molecule has 0 aliphatic heterocycles. The summed E-state index contributed by atoms with van der Waals surface area (Å²) >= 11 is 0. The molecule has 0 bridgehead atoms. The van der Waals surface area contributed by atoms with Crippen LogP contribution >= 0.6 is 0 Å². The molecular formula is C14H22O8. The first kappa shape index (κ1) is 19.9. The van der Waals surface area contributed by atoms with Crippen LogP contribution in [0.4, 0.5) is 9.59 Å². The average molecular weight is 318 g/mol. The van der Waals surface area contributed by atoms with Gasteiger partial charge in [-0.3, -0.25) is 9.59 Å². The highest BCUT2D eigenvalue weighted by atomic mass is 16.7. The Labute approximate surface area is 129 Å². The summed E-state index contributed by atoms with van der Waals surface area (Å²) in [4.78, 5) is 44.6. The minimum Gasteiger partial charge on any atom is -0.431 e. The van der Waals surface area contributed by atoms with Crippen LogP contribution in [-0.2, 0) is 28.5 Å². The van der Waals surface area contributed by atoms with Crippen molar-refractivity contribution in [2.24, 2.45) is 0 Å². The summed E-state index contributed by atoms with van der Waals surface area (Å²) in [5, 5.41) is 0. The van der Waals surface area contributed by atoms with E-state index < -0.39 is 24.2 Å². The van der Waals surface area contributed by atoms with Crippen LogP contribution in [0.25, 0.3) is 0 Å². The second-order valence-corrected chi connectivity index (χ2v) is 4.99. The second-order valence-electron chi connectivity index (χ2n) is 4.99. The average Bonchev–Trinajstić information content (AvgIpc) is 2.32. The predicted octanol–water partition coefficient (Wildman–Crippen LogP) is 2.72. The standard InChI is InChI=1S/C14H22O8/c1-9(2)19-13(17)21-11(15)7-5-6-8-12(16)22-14(18)20-10(3)4/h9-10H,5-8H2,1-4H3. The number of esters is 2. The molecule has 0 amide bonds. The first-order valence-corrected chi connectivity index (χ1v) is 7.03. The molecule has 0 N–H and O–H groups in total. The van der Waals surface area contributed by atoms with Crippen molar-refractivity contribution in [2.45, 2.75) is 65.6 Å². The van der Waals surface area contributed by atoms with E-state index in [0.717, 1.165) is 0 Å². The number of hydrogen-bond acceptors (Lipinski definition) is 8. The molecule has 0 unspecified atom stereocenters. The number of unbranched alkanes of at least 4 members (excludes halogenated alkanes) is 1. The summed E-state index contributed by atoms with van der Waals surface area (Å²) < 4.78 is 18.0. The predicted molar refractivity (Wildman–Crippen MR) is 73.9 cm³/mol. The van der Waals surface area contributed by atoms with Gasteiger partial charge in [0.1, 0.15) is 0 Å². The number of carbonyl (C=O) groups excluding carboxylic acids is 4. The molecule has 0 saturated heterocycles. The molecule has 0 aromatic rings. The van der Waals surface area contributed by atoms with Gasteiger partial charge in [0.15, 0.2) is 0 Å². The van der Waals surface area contributed by atoms with Crippen molar-refractivity contribution in [3.8, 4) is 0 Å². The second kappa shape index (κ2) is 10.6. The fraction of sp³-hybridized carbons (Fsp3) is 0.714. The van der Waals surface area contributed by atoms with Crippen LogP contribution in [0.2, 0.25) is 0 Å². The Hall–Kier alpha value is -2.12.